The molecule has 6 rings (SSSR count). The molecule has 3 aromatic carbocycles. The number of carbonyl (C=O) groups excluding carboxylic acids is 3. The summed E-state index contributed by atoms with van der Waals surface area (Å²) in [6, 6.07) is 16.6. The molecule has 11 nitrogen and oxygen atoms in total. The molecule has 2 amide bonds. The molecule has 1 aliphatic heterocycles. The van der Waals surface area contributed by atoms with E-state index in [1.165, 1.54) is 0 Å². The topological polar surface area (TPSA) is 188 Å². The van der Waals surface area contributed by atoms with Crippen LogP contribution >= 0.6 is 11.3 Å². The number of nitrogens with two attached hydrogens (primary N) is 3. The highest BCUT2D eigenvalue weighted by atomic mass is 32.2. The number of likely N-dealkylation sites (tertiary alicyclic amines) is 1. The molecular weight excluding hydrogens is 639 g/mol. The lowest BCUT2D eigenvalue weighted by Gasteiger charge is -2.37. The van der Waals surface area contributed by atoms with Gasteiger partial charge in [0.15, 0.2) is 5.78 Å². The number of Topliss-reactive ketones (excluding diaryl/α,β-unsaturated/α-hetero) is 1. The third kappa shape index (κ3) is 6.11. The zero-order valence-electron chi connectivity index (χ0n) is 26.1. The maximum absolute atomic E-state index is 14.2. The van der Waals surface area contributed by atoms with E-state index in [2.05, 4.69) is 5.32 Å². The van der Waals surface area contributed by atoms with Gasteiger partial charge in [0.05, 0.1) is 21.4 Å². The van der Waals surface area contributed by atoms with Crippen LogP contribution in [0, 0.1) is 6.92 Å². The quantitative estimate of drug-likeness (QED) is 0.203. The van der Waals surface area contributed by atoms with Crippen LogP contribution < -0.4 is 27.3 Å². The first-order valence-electron chi connectivity index (χ1n) is 15.3. The molecule has 0 spiro atoms. The maximum atomic E-state index is 14.2. The van der Waals surface area contributed by atoms with Gasteiger partial charge in [0.1, 0.15) is 26.9 Å². The monoisotopic (exact) mass is 675 g/mol. The lowest BCUT2D eigenvalue weighted by Crippen LogP contribution is -2.53. The summed E-state index contributed by atoms with van der Waals surface area (Å²) in [6.07, 6.45) is 2.27. The van der Waals surface area contributed by atoms with Crippen LogP contribution in [0.25, 0.3) is 10.1 Å². The number of para-hydroxylation sites is 1. The van der Waals surface area contributed by atoms with E-state index in [1.54, 1.807) is 29.2 Å². The molecule has 1 saturated heterocycles. The Hall–Kier alpha value is -4.30. The Morgan fingerprint density at radius 1 is 1.09 bits per heavy atom. The molecule has 3 unspecified atom stereocenters. The molecule has 2 aliphatic rings. The molecule has 1 aliphatic carbocycles. The number of hydrogen-bond donors (Lipinski definition) is 4. The van der Waals surface area contributed by atoms with Gasteiger partial charge in [-0.05, 0) is 66.8 Å². The summed E-state index contributed by atoms with van der Waals surface area (Å²) < 4.78 is 29.7. The van der Waals surface area contributed by atoms with Crippen molar-refractivity contribution in [1.29, 1.82) is 0 Å². The van der Waals surface area contributed by atoms with Crippen LogP contribution in [0.4, 0.5) is 5.69 Å². The fourth-order valence-electron chi connectivity index (χ4n) is 6.60. The number of nitrogens with one attached hydrogen (secondary N) is 1. The summed E-state index contributed by atoms with van der Waals surface area (Å²) >= 11 is 1.16. The van der Waals surface area contributed by atoms with Gasteiger partial charge in [-0.2, -0.15) is 0 Å². The number of thiophene rings is 1. The van der Waals surface area contributed by atoms with Gasteiger partial charge in [0.25, 0.3) is 5.91 Å². The smallest absolute Gasteiger partial charge is 0.262 e. The van der Waals surface area contributed by atoms with Crippen molar-refractivity contribution in [3.05, 3.63) is 87.8 Å². The van der Waals surface area contributed by atoms with Gasteiger partial charge in [-0.15, -0.1) is 11.3 Å². The van der Waals surface area contributed by atoms with Gasteiger partial charge >= 0.3 is 0 Å². The van der Waals surface area contributed by atoms with Crippen molar-refractivity contribution in [2.75, 3.05) is 30.8 Å². The molecule has 13 heteroatoms. The van der Waals surface area contributed by atoms with Crippen LogP contribution in [-0.2, 0) is 25.0 Å². The maximum Gasteiger partial charge on any atom is 0.262 e. The third-order valence-electron chi connectivity index (χ3n) is 8.92. The van der Waals surface area contributed by atoms with Gasteiger partial charge < -0.3 is 32.2 Å². The Labute approximate surface area is 277 Å². The summed E-state index contributed by atoms with van der Waals surface area (Å²) in [5.41, 5.74) is 21.2. The predicted molar refractivity (Wildman–Crippen MR) is 182 cm³/mol. The molecule has 0 saturated carbocycles. The number of ketones is 1. The Bertz CT molecular complexity index is 2010. The van der Waals surface area contributed by atoms with E-state index in [4.69, 9.17) is 21.9 Å². The second-order valence-electron chi connectivity index (χ2n) is 12.3. The van der Waals surface area contributed by atoms with E-state index < -0.39 is 33.1 Å². The number of hydrogen-bond acceptors (Lipinski definition) is 10. The fourth-order valence-corrected chi connectivity index (χ4v) is 8.35. The van der Waals surface area contributed by atoms with Gasteiger partial charge in [-0.25, -0.2) is 8.42 Å². The van der Waals surface area contributed by atoms with Crippen LogP contribution in [0.2, 0.25) is 0 Å². The van der Waals surface area contributed by atoms with Crippen LogP contribution in [0.5, 0.6) is 11.5 Å². The highest BCUT2D eigenvalue weighted by molar-refractivity contribution is 7.90. The molecule has 1 fully saturated rings. The minimum atomic E-state index is -3.28. The number of carbonyl (C=O) groups is 3. The average molecular weight is 676 g/mol. The lowest BCUT2D eigenvalue weighted by molar-refractivity contribution is -0.132. The van der Waals surface area contributed by atoms with Crippen LogP contribution in [0.15, 0.2) is 60.7 Å². The number of ether oxygens (including phenoxy) is 1. The Kier molecular flexibility index (Phi) is 8.60. The molecule has 3 atom stereocenters. The Morgan fingerprint density at radius 3 is 2.51 bits per heavy atom. The summed E-state index contributed by atoms with van der Waals surface area (Å²) in [7, 11) is -3.28. The molecule has 2 heterocycles. The molecule has 4 aromatic rings. The minimum absolute atomic E-state index is 0.109. The SMILES string of the molecule is Cc1cc(Oc2ccccc2)ccc1C1(N)C(=O)C(N)c2c(C(=O)NC3CCCN(C(=O)CCS(C)(=O)=O)C3)sc3c(N)ccc1c23. The van der Waals surface area contributed by atoms with E-state index in [1.807, 2.05) is 43.3 Å². The standard InChI is InChI=1S/C34H37N5O6S2/c1-19-17-22(45-21-8-4-3-5-9-21)10-11-23(19)34(37)24-12-13-25(35)30-27(24)28(29(36)32(34)41)31(46-30)33(42)38-20-7-6-15-39(18-20)26(40)14-16-47(2,43)44/h3-5,8-13,17,20,29H,6-7,14-16,18,35-37H2,1-2H3,(H,38,42). The van der Waals surface area contributed by atoms with Crippen molar-refractivity contribution in [2.45, 2.75) is 43.8 Å². The number of piperidine rings is 1. The van der Waals surface area contributed by atoms with E-state index in [0.29, 0.717) is 63.3 Å². The van der Waals surface area contributed by atoms with Crippen LogP contribution in [0.3, 0.4) is 0 Å². The predicted octanol–water partition coefficient (Wildman–Crippen LogP) is 3.52. The number of nitrogen functional groups attached to an aromatic ring is 1. The second-order valence-corrected chi connectivity index (χ2v) is 15.6. The fraction of sp³-hybridized carbons (Fsp3) is 0.324. The minimum Gasteiger partial charge on any atom is -0.457 e. The number of benzene rings is 3. The number of rotatable bonds is 8. The third-order valence-corrected chi connectivity index (χ3v) is 11.1. The summed E-state index contributed by atoms with van der Waals surface area (Å²) in [5.74, 6) is -0.118. The van der Waals surface area contributed by atoms with Gasteiger partial charge in [-0.3, -0.25) is 14.4 Å². The normalized spacial score (nSPS) is 21.1. The van der Waals surface area contributed by atoms with Crippen molar-refractivity contribution in [2.24, 2.45) is 11.5 Å². The molecule has 47 heavy (non-hydrogen) atoms. The van der Waals surface area contributed by atoms with E-state index in [0.717, 1.165) is 23.2 Å². The molecular formula is C34H37N5O6S2. The zero-order chi connectivity index (χ0) is 33.7. The van der Waals surface area contributed by atoms with E-state index in [-0.39, 0.29) is 35.5 Å². The average Bonchev–Trinajstić information content (AvgIpc) is 3.44. The summed E-state index contributed by atoms with van der Waals surface area (Å²) in [6.45, 7) is 2.60. The molecule has 1 aromatic heterocycles. The van der Waals surface area contributed by atoms with Crippen LogP contribution in [-0.4, -0.2) is 62.1 Å². The first kappa shape index (κ1) is 32.6. The lowest BCUT2D eigenvalue weighted by atomic mass is 9.69. The Balaban J connectivity index is 1.32. The second kappa shape index (κ2) is 12.4. The number of anilines is 1. The molecule has 0 bridgehead atoms. The first-order valence-corrected chi connectivity index (χ1v) is 18.2. The molecule has 7 N–H and O–H groups in total. The van der Waals surface area contributed by atoms with Gasteiger partial charge in [-0.1, -0.05) is 30.3 Å². The number of aryl methyl sites for hydroxylation is 1. The first-order chi connectivity index (χ1) is 22.3. The van der Waals surface area contributed by atoms with E-state index in [9.17, 15) is 22.8 Å². The Morgan fingerprint density at radius 2 is 1.81 bits per heavy atom. The van der Waals surface area contributed by atoms with Gasteiger partial charge in [0, 0.05) is 48.4 Å². The molecule has 246 valence electrons. The number of amides is 2. The highest BCUT2D eigenvalue weighted by Gasteiger charge is 2.49. The van der Waals surface area contributed by atoms with Crippen LogP contribution in [0.1, 0.15) is 57.2 Å². The van der Waals surface area contributed by atoms with Gasteiger partial charge in [0.2, 0.25) is 5.91 Å². The summed E-state index contributed by atoms with van der Waals surface area (Å²) in [5, 5.41) is 3.62. The molecule has 0 radical (unpaired) electrons. The van der Waals surface area contributed by atoms with Crippen molar-refractivity contribution in [3.63, 3.8) is 0 Å². The zero-order valence-corrected chi connectivity index (χ0v) is 27.7. The summed E-state index contributed by atoms with van der Waals surface area (Å²) in [4.78, 5) is 42.6. The highest BCUT2D eigenvalue weighted by Crippen LogP contribution is 2.50. The van der Waals surface area contributed by atoms with E-state index >= 15 is 0 Å². The van der Waals surface area contributed by atoms with Crippen molar-refractivity contribution in [3.8, 4) is 11.5 Å². The van der Waals surface area contributed by atoms with Crippen molar-refractivity contribution >= 4 is 54.5 Å². The number of nitrogens with zero attached hydrogens (tertiary/aromatic N) is 1. The largest absolute Gasteiger partial charge is 0.457 e. The number of sulfone groups is 1. The van der Waals surface area contributed by atoms with Crippen molar-refractivity contribution < 1.29 is 27.5 Å². The van der Waals surface area contributed by atoms with Crippen molar-refractivity contribution in [1.82, 2.24) is 10.2 Å².